The Morgan fingerprint density at radius 1 is 1.37 bits per heavy atom. The molecular formula is C14H17ClN2O2. The van der Waals surface area contributed by atoms with Gasteiger partial charge in [0.2, 0.25) is 5.89 Å². The maximum atomic E-state index is 5.46. The van der Waals surface area contributed by atoms with E-state index in [2.05, 4.69) is 22.4 Å². The Morgan fingerprint density at radius 3 is 3.05 bits per heavy atom. The zero-order valence-electron chi connectivity index (χ0n) is 10.5. The van der Waals surface area contributed by atoms with Crippen molar-refractivity contribution in [3.63, 3.8) is 0 Å². The van der Waals surface area contributed by atoms with Crippen molar-refractivity contribution >= 4 is 12.4 Å². The van der Waals surface area contributed by atoms with Crippen LogP contribution < -0.4 is 5.32 Å². The van der Waals surface area contributed by atoms with Gasteiger partial charge >= 0.3 is 0 Å². The number of hydrogen-bond acceptors (Lipinski definition) is 4. The van der Waals surface area contributed by atoms with E-state index >= 15 is 0 Å². The SMILES string of the molecule is Cl.c1cc(C[C@@H]2COCCN2)cc(-c2ncco2)c1. The summed E-state index contributed by atoms with van der Waals surface area (Å²) in [5.41, 5.74) is 2.29. The van der Waals surface area contributed by atoms with Crippen LogP contribution in [0.4, 0.5) is 0 Å². The van der Waals surface area contributed by atoms with Gasteiger partial charge in [-0.15, -0.1) is 12.4 Å². The summed E-state index contributed by atoms with van der Waals surface area (Å²) in [5.74, 6) is 0.671. The first-order valence-electron chi connectivity index (χ1n) is 6.22. The van der Waals surface area contributed by atoms with E-state index in [0.29, 0.717) is 11.9 Å². The predicted octanol–water partition coefficient (Wildman–Crippen LogP) is 2.29. The molecule has 1 aliphatic heterocycles. The first-order chi connectivity index (χ1) is 8.92. The number of morpholine rings is 1. The van der Waals surface area contributed by atoms with Gasteiger partial charge in [-0.1, -0.05) is 12.1 Å². The Bertz CT molecular complexity index is 496. The number of ether oxygens (including phenoxy) is 1. The summed E-state index contributed by atoms with van der Waals surface area (Å²) in [5, 5.41) is 3.46. The molecule has 1 N–H and O–H groups in total. The second-order valence-corrected chi connectivity index (χ2v) is 4.47. The summed E-state index contributed by atoms with van der Waals surface area (Å²) >= 11 is 0. The third-order valence-electron chi connectivity index (χ3n) is 3.09. The monoisotopic (exact) mass is 280 g/mol. The Balaban J connectivity index is 0.00000133. The molecule has 2 heterocycles. The lowest BCUT2D eigenvalue weighted by molar-refractivity contribution is 0.0770. The first kappa shape index (κ1) is 14.1. The van der Waals surface area contributed by atoms with Crippen LogP contribution in [0.3, 0.4) is 0 Å². The van der Waals surface area contributed by atoms with E-state index < -0.39 is 0 Å². The number of benzene rings is 1. The Labute approximate surface area is 118 Å². The lowest BCUT2D eigenvalue weighted by atomic mass is 10.0. The molecule has 2 aromatic rings. The van der Waals surface area contributed by atoms with Crippen molar-refractivity contribution in [3.05, 3.63) is 42.3 Å². The number of nitrogens with one attached hydrogen (secondary N) is 1. The lowest BCUT2D eigenvalue weighted by Crippen LogP contribution is -2.42. The number of aromatic nitrogens is 1. The zero-order chi connectivity index (χ0) is 12.2. The fraction of sp³-hybridized carbons (Fsp3) is 0.357. The van der Waals surface area contributed by atoms with Gasteiger partial charge in [-0.05, 0) is 24.1 Å². The van der Waals surface area contributed by atoms with Gasteiger partial charge in [-0.3, -0.25) is 0 Å². The van der Waals surface area contributed by atoms with Crippen LogP contribution >= 0.6 is 12.4 Å². The summed E-state index contributed by atoms with van der Waals surface area (Å²) in [4.78, 5) is 4.17. The summed E-state index contributed by atoms with van der Waals surface area (Å²) in [7, 11) is 0. The van der Waals surface area contributed by atoms with Gasteiger partial charge < -0.3 is 14.5 Å². The molecular weight excluding hydrogens is 264 g/mol. The Morgan fingerprint density at radius 2 is 2.32 bits per heavy atom. The second-order valence-electron chi connectivity index (χ2n) is 4.47. The average Bonchev–Trinajstić information content (AvgIpc) is 2.94. The number of hydrogen-bond donors (Lipinski definition) is 1. The molecule has 5 heteroatoms. The summed E-state index contributed by atoms with van der Waals surface area (Å²) in [6.45, 7) is 2.53. The van der Waals surface area contributed by atoms with E-state index in [1.54, 1.807) is 12.5 Å². The third-order valence-corrected chi connectivity index (χ3v) is 3.09. The molecule has 102 valence electrons. The molecule has 0 bridgehead atoms. The molecule has 0 unspecified atom stereocenters. The van der Waals surface area contributed by atoms with Crippen molar-refractivity contribution in [2.24, 2.45) is 0 Å². The smallest absolute Gasteiger partial charge is 0.225 e. The molecule has 0 aliphatic carbocycles. The summed E-state index contributed by atoms with van der Waals surface area (Å²) < 4.78 is 10.8. The Kier molecular flexibility index (Phi) is 4.96. The molecule has 1 aromatic carbocycles. The standard InChI is InChI=1S/C14H16N2O2.ClH/c1-2-11(9-13-10-17-6-4-15-13)8-12(3-1)14-16-5-7-18-14;/h1-3,5,7-8,13,15H,4,6,9-10H2;1H/t13-;/m1./s1. The van der Waals surface area contributed by atoms with Crippen molar-refractivity contribution in [1.82, 2.24) is 10.3 Å². The van der Waals surface area contributed by atoms with Crippen molar-refractivity contribution in [2.45, 2.75) is 12.5 Å². The lowest BCUT2D eigenvalue weighted by Gasteiger charge is -2.23. The minimum atomic E-state index is 0. The van der Waals surface area contributed by atoms with Gasteiger partial charge in [-0.25, -0.2) is 4.98 Å². The first-order valence-corrected chi connectivity index (χ1v) is 6.22. The Hall–Kier alpha value is -1.36. The largest absolute Gasteiger partial charge is 0.445 e. The number of oxazole rings is 1. The molecule has 4 nitrogen and oxygen atoms in total. The fourth-order valence-corrected chi connectivity index (χ4v) is 2.23. The van der Waals surface area contributed by atoms with E-state index in [0.717, 1.165) is 31.7 Å². The number of rotatable bonds is 3. The molecule has 0 saturated carbocycles. The second kappa shape index (κ2) is 6.70. The molecule has 1 aliphatic rings. The fourth-order valence-electron chi connectivity index (χ4n) is 2.23. The zero-order valence-corrected chi connectivity index (χ0v) is 11.4. The molecule has 1 atom stereocenters. The van der Waals surface area contributed by atoms with Crippen LogP contribution in [0.1, 0.15) is 5.56 Å². The minimum Gasteiger partial charge on any atom is -0.445 e. The van der Waals surface area contributed by atoms with E-state index in [1.165, 1.54) is 5.56 Å². The maximum Gasteiger partial charge on any atom is 0.225 e. The van der Waals surface area contributed by atoms with E-state index in [9.17, 15) is 0 Å². The molecule has 1 fully saturated rings. The molecule has 1 aromatic heterocycles. The minimum absolute atomic E-state index is 0. The van der Waals surface area contributed by atoms with Crippen molar-refractivity contribution in [3.8, 4) is 11.5 Å². The van der Waals surface area contributed by atoms with Gasteiger partial charge in [0.25, 0.3) is 0 Å². The van der Waals surface area contributed by atoms with Gasteiger partial charge in [0.1, 0.15) is 6.26 Å². The van der Waals surface area contributed by atoms with Crippen LogP contribution in [0.2, 0.25) is 0 Å². The molecule has 0 spiro atoms. The van der Waals surface area contributed by atoms with Crippen LogP contribution in [0.25, 0.3) is 11.5 Å². The van der Waals surface area contributed by atoms with Crippen molar-refractivity contribution < 1.29 is 9.15 Å². The normalized spacial score (nSPS) is 18.8. The van der Waals surface area contributed by atoms with Gasteiger partial charge in [0, 0.05) is 18.2 Å². The third kappa shape index (κ3) is 3.56. The van der Waals surface area contributed by atoms with Crippen LogP contribution in [0.5, 0.6) is 0 Å². The van der Waals surface area contributed by atoms with E-state index in [1.807, 2.05) is 12.1 Å². The van der Waals surface area contributed by atoms with Gasteiger partial charge in [0.05, 0.1) is 19.4 Å². The number of nitrogens with zero attached hydrogens (tertiary/aromatic N) is 1. The van der Waals surface area contributed by atoms with Crippen LogP contribution in [-0.4, -0.2) is 30.8 Å². The highest BCUT2D eigenvalue weighted by Crippen LogP contribution is 2.19. The molecule has 0 radical (unpaired) electrons. The van der Waals surface area contributed by atoms with Crippen LogP contribution in [-0.2, 0) is 11.2 Å². The molecule has 3 rings (SSSR count). The molecule has 1 saturated heterocycles. The topological polar surface area (TPSA) is 47.3 Å². The van der Waals surface area contributed by atoms with Crippen LogP contribution in [0, 0.1) is 0 Å². The number of halogens is 1. The maximum absolute atomic E-state index is 5.46. The molecule has 0 amide bonds. The van der Waals surface area contributed by atoms with E-state index in [4.69, 9.17) is 9.15 Å². The van der Waals surface area contributed by atoms with Gasteiger partial charge in [0.15, 0.2) is 0 Å². The summed E-state index contributed by atoms with van der Waals surface area (Å²) in [6, 6.07) is 8.71. The van der Waals surface area contributed by atoms with Crippen molar-refractivity contribution in [1.29, 1.82) is 0 Å². The van der Waals surface area contributed by atoms with Crippen molar-refractivity contribution in [2.75, 3.05) is 19.8 Å². The predicted molar refractivity (Wildman–Crippen MR) is 75.5 cm³/mol. The summed E-state index contributed by atoms with van der Waals surface area (Å²) in [6.07, 6.45) is 4.23. The quantitative estimate of drug-likeness (QED) is 0.937. The van der Waals surface area contributed by atoms with E-state index in [-0.39, 0.29) is 12.4 Å². The highest BCUT2D eigenvalue weighted by molar-refractivity contribution is 5.85. The van der Waals surface area contributed by atoms with Crippen LogP contribution in [0.15, 0.2) is 41.1 Å². The average molecular weight is 281 g/mol. The molecule has 19 heavy (non-hydrogen) atoms. The highest BCUT2D eigenvalue weighted by atomic mass is 35.5. The van der Waals surface area contributed by atoms with Gasteiger partial charge in [-0.2, -0.15) is 0 Å². The highest BCUT2D eigenvalue weighted by Gasteiger charge is 2.14.